The zero-order valence-electron chi connectivity index (χ0n) is 9.54. The van der Waals surface area contributed by atoms with Gasteiger partial charge in [-0.15, -0.1) is 0 Å². The summed E-state index contributed by atoms with van der Waals surface area (Å²) in [5.41, 5.74) is 5.15. The monoisotopic (exact) mass is 240 g/mol. The molecule has 0 aromatic carbocycles. The highest BCUT2D eigenvalue weighted by Gasteiger charge is 2.14. The fourth-order valence-electron chi connectivity index (χ4n) is 1.41. The van der Waals surface area contributed by atoms with Crippen LogP contribution in [0.4, 0.5) is 8.78 Å². The average molecular weight is 240 g/mol. The molecule has 1 rings (SSSR count). The van der Waals surface area contributed by atoms with E-state index in [4.69, 9.17) is 5.73 Å². The number of carbonyl (C=O) groups is 1. The minimum atomic E-state index is -1.02. The Labute approximate surface area is 98.3 Å². The topological polar surface area (TPSA) is 56.0 Å². The average Bonchev–Trinajstić information content (AvgIpc) is 2.25. The molecule has 0 spiro atoms. The molecular formula is C12H14F2N2O. The molecule has 0 bridgehead atoms. The number of unbranched alkanes of at least 4 members (excludes halogenated alkanes) is 2. The summed E-state index contributed by atoms with van der Waals surface area (Å²) in [6.45, 7) is 2.00. The molecular weight excluding hydrogens is 226 g/mol. The van der Waals surface area contributed by atoms with Crippen LogP contribution in [-0.4, -0.2) is 10.9 Å². The van der Waals surface area contributed by atoms with Gasteiger partial charge in [0.1, 0.15) is 0 Å². The Bertz CT molecular complexity index is 444. The summed E-state index contributed by atoms with van der Waals surface area (Å²) in [7, 11) is 0. The van der Waals surface area contributed by atoms with Gasteiger partial charge in [-0.1, -0.05) is 25.8 Å². The van der Waals surface area contributed by atoms with Gasteiger partial charge < -0.3 is 5.73 Å². The standard InChI is InChI=1S/C12H14F2N2O/c1-2-3-4-5-9(12(15)17)8-6-7-10(13)16-11(8)14/h5-7H,2-4H2,1H3,(H2,15,17)/b9-5-. The molecule has 0 aliphatic heterocycles. The Hall–Kier alpha value is -1.78. The van der Waals surface area contributed by atoms with Crippen LogP contribution >= 0.6 is 0 Å². The SMILES string of the molecule is CCCC/C=C(\C(N)=O)c1ccc(F)nc1F. The Morgan fingerprint density at radius 1 is 1.47 bits per heavy atom. The summed E-state index contributed by atoms with van der Waals surface area (Å²) in [6.07, 6.45) is 4.00. The summed E-state index contributed by atoms with van der Waals surface area (Å²) in [6, 6.07) is 2.16. The van der Waals surface area contributed by atoms with E-state index in [1.54, 1.807) is 6.08 Å². The Morgan fingerprint density at radius 3 is 2.71 bits per heavy atom. The molecule has 92 valence electrons. The molecule has 1 heterocycles. The fraction of sp³-hybridized carbons (Fsp3) is 0.333. The lowest BCUT2D eigenvalue weighted by Crippen LogP contribution is -2.14. The van der Waals surface area contributed by atoms with Gasteiger partial charge in [0.25, 0.3) is 0 Å². The van der Waals surface area contributed by atoms with Gasteiger partial charge in [0.15, 0.2) is 0 Å². The van der Waals surface area contributed by atoms with E-state index >= 15 is 0 Å². The quantitative estimate of drug-likeness (QED) is 0.488. The first-order chi connectivity index (χ1) is 8.06. The van der Waals surface area contributed by atoms with E-state index in [1.165, 1.54) is 6.07 Å². The highest BCUT2D eigenvalue weighted by molar-refractivity contribution is 6.18. The number of hydrogen-bond donors (Lipinski definition) is 1. The summed E-state index contributed by atoms with van der Waals surface area (Å²) >= 11 is 0. The van der Waals surface area contributed by atoms with Crippen molar-refractivity contribution >= 4 is 11.5 Å². The van der Waals surface area contributed by atoms with Crippen LogP contribution in [0.3, 0.4) is 0 Å². The molecule has 5 heteroatoms. The number of halogens is 2. The number of nitrogens with zero attached hydrogens (tertiary/aromatic N) is 1. The molecule has 1 aromatic heterocycles. The second-order valence-electron chi connectivity index (χ2n) is 3.60. The van der Waals surface area contributed by atoms with Crippen molar-refractivity contribution < 1.29 is 13.6 Å². The van der Waals surface area contributed by atoms with Gasteiger partial charge in [-0.2, -0.15) is 13.8 Å². The van der Waals surface area contributed by atoms with E-state index in [9.17, 15) is 13.6 Å². The van der Waals surface area contributed by atoms with E-state index in [1.807, 2.05) is 6.92 Å². The number of rotatable bonds is 5. The van der Waals surface area contributed by atoms with Crippen molar-refractivity contribution in [1.82, 2.24) is 4.98 Å². The predicted octanol–water partition coefficient (Wildman–Crippen LogP) is 2.42. The van der Waals surface area contributed by atoms with E-state index in [2.05, 4.69) is 4.98 Å². The van der Waals surface area contributed by atoms with Gasteiger partial charge in [0.05, 0.1) is 0 Å². The highest BCUT2D eigenvalue weighted by Crippen LogP contribution is 2.18. The smallest absolute Gasteiger partial charge is 0.249 e. The third-order valence-electron chi connectivity index (χ3n) is 2.28. The Balaban J connectivity index is 3.06. The van der Waals surface area contributed by atoms with Gasteiger partial charge in [0.2, 0.25) is 17.8 Å². The lowest BCUT2D eigenvalue weighted by molar-refractivity contribution is -0.112. The molecule has 0 fully saturated rings. The predicted molar refractivity (Wildman–Crippen MR) is 60.8 cm³/mol. The van der Waals surface area contributed by atoms with Crippen molar-refractivity contribution in [2.24, 2.45) is 5.73 Å². The largest absolute Gasteiger partial charge is 0.366 e. The molecule has 17 heavy (non-hydrogen) atoms. The number of allylic oxidation sites excluding steroid dienone is 1. The number of pyridine rings is 1. The van der Waals surface area contributed by atoms with Gasteiger partial charge >= 0.3 is 0 Å². The van der Waals surface area contributed by atoms with Crippen LogP contribution in [0.15, 0.2) is 18.2 Å². The maximum Gasteiger partial charge on any atom is 0.249 e. The van der Waals surface area contributed by atoms with Crippen LogP contribution in [0.5, 0.6) is 0 Å². The van der Waals surface area contributed by atoms with Gasteiger partial charge in [-0.3, -0.25) is 4.79 Å². The first-order valence-corrected chi connectivity index (χ1v) is 5.38. The molecule has 3 nitrogen and oxygen atoms in total. The third kappa shape index (κ3) is 3.62. The van der Waals surface area contributed by atoms with Crippen LogP contribution < -0.4 is 5.73 Å². The van der Waals surface area contributed by atoms with Crippen LogP contribution in [-0.2, 0) is 4.79 Å². The second-order valence-corrected chi connectivity index (χ2v) is 3.60. The fourth-order valence-corrected chi connectivity index (χ4v) is 1.41. The zero-order valence-corrected chi connectivity index (χ0v) is 9.54. The van der Waals surface area contributed by atoms with Crippen LogP contribution in [0.1, 0.15) is 31.7 Å². The van der Waals surface area contributed by atoms with Gasteiger partial charge in [-0.25, -0.2) is 0 Å². The van der Waals surface area contributed by atoms with Crippen LogP contribution in [0.2, 0.25) is 0 Å². The molecule has 0 aliphatic rings. The summed E-state index contributed by atoms with van der Waals surface area (Å²) < 4.78 is 26.0. The van der Waals surface area contributed by atoms with E-state index < -0.39 is 17.8 Å². The number of amides is 1. The number of nitrogens with two attached hydrogens (primary N) is 1. The van der Waals surface area contributed by atoms with Crippen molar-refractivity contribution in [1.29, 1.82) is 0 Å². The van der Waals surface area contributed by atoms with Crippen molar-refractivity contribution in [3.05, 3.63) is 35.7 Å². The minimum Gasteiger partial charge on any atom is -0.366 e. The summed E-state index contributed by atoms with van der Waals surface area (Å²) in [5, 5.41) is 0. The molecule has 0 saturated heterocycles. The normalized spacial score (nSPS) is 11.6. The van der Waals surface area contributed by atoms with Crippen LogP contribution in [0, 0.1) is 11.9 Å². The van der Waals surface area contributed by atoms with Gasteiger partial charge in [-0.05, 0) is 18.6 Å². The van der Waals surface area contributed by atoms with E-state index in [-0.39, 0.29) is 11.1 Å². The van der Waals surface area contributed by atoms with Crippen molar-refractivity contribution in [3.8, 4) is 0 Å². The van der Waals surface area contributed by atoms with Gasteiger partial charge in [0, 0.05) is 11.1 Å². The number of aromatic nitrogens is 1. The molecule has 1 aromatic rings. The van der Waals surface area contributed by atoms with Crippen molar-refractivity contribution in [2.75, 3.05) is 0 Å². The van der Waals surface area contributed by atoms with E-state index in [0.717, 1.165) is 18.9 Å². The third-order valence-corrected chi connectivity index (χ3v) is 2.28. The molecule has 0 unspecified atom stereocenters. The molecule has 1 amide bonds. The maximum absolute atomic E-state index is 13.4. The molecule has 0 radical (unpaired) electrons. The lowest BCUT2D eigenvalue weighted by atomic mass is 10.0. The first kappa shape index (κ1) is 13.3. The first-order valence-electron chi connectivity index (χ1n) is 5.38. The lowest BCUT2D eigenvalue weighted by Gasteiger charge is -2.04. The molecule has 0 atom stereocenters. The number of primary amides is 1. The zero-order chi connectivity index (χ0) is 12.8. The minimum absolute atomic E-state index is 0.0449. The Morgan fingerprint density at radius 2 is 2.18 bits per heavy atom. The van der Waals surface area contributed by atoms with Crippen LogP contribution in [0.25, 0.3) is 5.57 Å². The second kappa shape index (κ2) is 6.08. The number of hydrogen-bond acceptors (Lipinski definition) is 2. The summed E-state index contributed by atoms with van der Waals surface area (Å²) in [4.78, 5) is 14.2. The number of carbonyl (C=O) groups excluding carboxylic acids is 1. The summed E-state index contributed by atoms with van der Waals surface area (Å²) in [5.74, 6) is -2.69. The maximum atomic E-state index is 13.4. The van der Waals surface area contributed by atoms with Crippen molar-refractivity contribution in [2.45, 2.75) is 26.2 Å². The molecule has 0 aliphatic carbocycles. The van der Waals surface area contributed by atoms with Crippen molar-refractivity contribution in [3.63, 3.8) is 0 Å². The molecule has 0 saturated carbocycles. The molecule has 2 N–H and O–H groups in total. The van der Waals surface area contributed by atoms with E-state index in [0.29, 0.717) is 6.42 Å². The highest BCUT2D eigenvalue weighted by atomic mass is 19.1. The Kier molecular flexibility index (Phi) is 4.75.